The molecule has 1 atom stereocenters. The van der Waals surface area contributed by atoms with Crippen molar-refractivity contribution in [3.63, 3.8) is 0 Å². The van der Waals surface area contributed by atoms with Crippen molar-refractivity contribution in [3.8, 4) is 0 Å². The van der Waals surface area contributed by atoms with Crippen LogP contribution in [0, 0.1) is 5.92 Å². The Hall–Kier alpha value is -1.53. The summed E-state index contributed by atoms with van der Waals surface area (Å²) in [5.41, 5.74) is 0. The predicted molar refractivity (Wildman–Crippen MR) is 62.3 cm³/mol. The van der Waals surface area contributed by atoms with Gasteiger partial charge in [-0.1, -0.05) is 0 Å². The lowest BCUT2D eigenvalue weighted by molar-refractivity contribution is -0.117. The largest absolute Gasteiger partial charge is 0.396 e. The van der Waals surface area contributed by atoms with Gasteiger partial charge in [0.1, 0.15) is 0 Å². The average Bonchev–Trinajstić information content (AvgIpc) is 2.78. The van der Waals surface area contributed by atoms with Gasteiger partial charge in [0.15, 0.2) is 0 Å². The fraction of sp³-hybridized carbons (Fsp3) is 0.545. The van der Waals surface area contributed by atoms with Crippen molar-refractivity contribution in [2.24, 2.45) is 5.92 Å². The Balaban J connectivity index is 1.78. The molecule has 92 valence electrons. The van der Waals surface area contributed by atoms with E-state index in [1.807, 2.05) is 4.90 Å². The summed E-state index contributed by atoms with van der Waals surface area (Å²) in [6, 6.07) is 1.70. The molecule has 2 N–H and O–H groups in total. The lowest BCUT2D eigenvalue weighted by atomic mass is 10.1. The maximum absolute atomic E-state index is 11.7. The van der Waals surface area contributed by atoms with Crippen molar-refractivity contribution in [1.82, 2.24) is 14.9 Å². The third kappa shape index (κ3) is 3.47. The van der Waals surface area contributed by atoms with Gasteiger partial charge in [-0.2, -0.15) is 0 Å². The van der Waals surface area contributed by atoms with Crippen LogP contribution in [0.5, 0.6) is 0 Å². The smallest absolute Gasteiger partial charge is 0.240 e. The number of carbonyl (C=O) groups excluding carboxylic acids is 1. The SMILES string of the molecule is O=C(CN1CCC(CO)C1)Nc1ncccn1. The lowest BCUT2D eigenvalue weighted by Gasteiger charge is -2.14. The lowest BCUT2D eigenvalue weighted by Crippen LogP contribution is -2.32. The molecule has 1 aromatic heterocycles. The molecule has 2 heterocycles. The van der Waals surface area contributed by atoms with Crippen LogP contribution < -0.4 is 5.32 Å². The number of carbonyl (C=O) groups is 1. The Bertz CT molecular complexity index is 371. The number of anilines is 1. The van der Waals surface area contributed by atoms with Gasteiger partial charge >= 0.3 is 0 Å². The molecule has 1 aliphatic heterocycles. The number of hydrogen-bond donors (Lipinski definition) is 2. The zero-order valence-electron chi connectivity index (χ0n) is 9.54. The first-order valence-corrected chi connectivity index (χ1v) is 5.68. The number of aliphatic hydroxyl groups excluding tert-OH is 1. The van der Waals surface area contributed by atoms with E-state index in [1.54, 1.807) is 18.5 Å². The van der Waals surface area contributed by atoms with Gasteiger partial charge in [0.2, 0.25) is 11.9 Å². The number of likely N-dealkylation sites (tertiary alicyclic amines) is 1. The highest BCUT2D eigenvalue weighted by Gasteiger charge is 2.23. The van der Waals surface area contributed by atoms with Crippen molar-refractivity contribution >= 4 is 11.9 Å². The number of rotatable bonds is 4. The van der Waals surface area contributed by atoms with E-state index >= 15 is 0 Å². The highest BCUT2D eigenvalue weighted by atomic mass is 16.3. The molecule has 0 radical (unpaired) electrons. The quantitative estimate of drug-likeness (QED) is 0.752. The van der Waals surface area contributed by atoms with E-state index in [1.165, 1.54) is 0 Å². The summed E-state index contributed by atoms with van der Waals surface area (Å²) in [4.78, 5) is 21.5. The van der Waals surface area contributed by atoms with Gasteiger partial charge in [0.25, 0.3) is 0 Å². The van der Waals surface area contributed by atoms with Gasteiger partial charge in [-0.25, -0.2) is 9.97 Å². The van der Waals surface area contributed by atoms with E-state index in [0.29, 0.717) is 18.4 Å². The number of nitrogens with one attached hydrogen (secondary N) is 1. The molecule has 6 heteroatoms. The fourth-order valence-electron chi connectivity index (χ4n) is 1.94. The van der Waals surface area contributed by atoms with Crippen LogP contribution in [0.3, 0.4) is 0 Å². The Labute approximate surface area is 99.7 Å². The van der Waals surface area contributed by atoms with Crippen LogP contribution in [0.1, 0.15) is 6.42 Å². The van der Waals surface area contributed by atoms with E-state index in [0.717, 1.165) is 19.5 Å². The van der Waals surface area contributed by atoms with Crippen LogP contribution in [-0.4, -0.2) is 52.1 Å². The minimum atomic E-state index is -0.116. The second kappa shape index (κ2) is 5.70. The van der Waals surface area contributed by atoms with Gasteiger partial charge in [0, 0.05) is 25.5 Å². The van der Waals surface area contributed by atoms with Gasteiger partial charge in [-0.15, -0.1) is 0 Å². The van der Waals surface area contributed by atoms with Crippen LogP contribution in [0.4, 0.5) is 5.95 Å². The topological polar surface area (TPSA) is 78.4 Å². The summed E-state index contributed by atoms with van der Waals surface area (Å²) in [5, 5.41) is 11.6. The fourth-order valence-corrected chi connectivity index (χ4v) is 1.94. The van der Waals surface area contributed by atoms with Crippen LogP contribution in [0.2, 0.25) is 0 Å². The third-order valence-electron chi connectivity index (χ3n) is 2.81. The molecule has 1 aromatic rings. The Morgan fingerprint density at radius 1 is 1.53 bits per heavy atom. The second-order valence-electron chi connectivity index (χ2n) is 4.19. The molecule has 0 saturated carbocycles. The maximum Gasteiger partial charge on any atom is 0.240 e. The molecule has 1 amide bonds. The first-order valence-electron chi connectivity index (χ1n) is 5.68. The first kappa shape index (κ1) is 11.9. The number of aliphatic hydroxyl groups is 1. The highest BCUT2D eigenvalue weighted by molar-refractivity contribution is 5.90. The molecule has 1 fully saturated rings. The summed E-state index contributed by atoms with van der Waals surface area (Å²) in [7, 11) is 0. The van der Waals surface area contributed by atoms with Crippen LogP contribution >= 0.6 is 0 Å². The Morgan fingerprint density at radius 3 is 2.94 bits per heavy atom. The van der Waals surface area contributed by atoms with E-state index < -0.39 is 0 Å². The molecule has 0 aromatic carbocycles. The summed E-state index contributed by atoms with van der Waals surface area (Å²) >= 11 is 0. The third-order valence-corrected chi connectivity index (χ3v) is 2.81. The maximum atomic E-state index is 11.7. The number of amides is 1. The standard InChI is InChI=1S/C11H16N4O2/c16-8-9-2-5-15(6-9)7-10(17)14-11-12-3-1-4-13-11/h1,3-4,9,16H,2,5-8H2,(H,12,13,14,17). The molecular formula is C11H16N4O2. The van der Waals surface area contributed by atoms with Crippen LogP contribution in [0.25, 0.3) is 0 Å². The molecule has 0 bridgehead atoms. The summed E-state index contributed by atoms with van der Waals surface area (Å²) < 4.78 is 0. The average molecular weight is 236 g/mol. The van der Waals surface area contributed by atoms with Gasteiger partial charge in [-0.3, -0.25) is 15.0 Å². The molecular weight excluding hydrogens is 220 g/mol. The van der Waals surface area contributed by atoms with Crippen molar-refractivity contribution in [2.75, 3.05) is 31.6 Å². The molecule has 1 aliphatic rings. The Morgan fingerprint density at radius 2 is 2.29 bits per heavy atom. The van der Waals surface area contributed by atoms with E-state index in [9.17, 15) is 4.79 Å². The van der Waals surface area contributed by atoms with Crippen LogP contribution in [0.15, 0.2) is 18.5 Å². The van der Waals surface area contributed by atoms with E-state index in [-0.39, 0.29) is 12.5 Å². The molecule has 17 heavy (non-hydrogen) atoms. The van der Waals surface area contributed by atoms with Crippen molar-refractivity contribution in [1.29, 1.82) is 0 Å². The molecule has 0 aliphatic carbocycles. The minimum Gasteiger partial charge on any atom is -0.396 e. The van der Waals surface area contributed by atoms with Gasteiger partial charge < -0.3 is 5.11 Å². The minimum absolute atomic E-state index is 0.116. The molecule has 6 nitrogen and oxygen atoms in total. The zero-order valence-corrected chi connectivity index (χ0v) is 9.54. The predicted octanol–water partition coefficient (Wildman–Crippen LogP) is -0.271. The van der Waals surface area contributed by atoms with Crippen LogP contribution in [-0.2, 0) is 4.79 Å². The highest BCUT2D eigenvalue weighted by Crippen LogP contribution is 2.14. The van der Waals surface area contributed by atoms with Crippen molar-refractivity contribution < 1.29 is 9.90 Å². The van der Waals surface area contributed by atoms with Gasteiger partial charge in [-0.05, 0) is 24.9 Å². The van der Waals surface area contributed by atoms with Crippen molar-refractivity contribution in [2.45, 2.75) is 6.42 Å². The normalized spacial score (nSPS) is 20.4. The molecule has 1 unspecified atom stereocenters. The zero-order chi connectivity index (χ0) is 12.1. The number of nitrogens with zero attached hydrogens (tertiary/aromatic N) is 3. The molecule has 2 rings (SSSR count). The Kier molecular flexibility index (Phi) is 4.00. The van der Waals surface area contributed by atoms with E-state index in [2.05, 4.69) is 15.3 Å². The molecule has 0 spiro atoms. The summed E-state index contributed by atoms with van der Waals surface area (Å²) in [6.45, 7) is 2.16. The van der Waals surface area contributed by atoms with E-state index in [4.69, 9.17) is 5.11 Å². The second-order valence-corrected chi connectivity index (χ2v) is 4.19. The van der Waals surface area contributed by atoms with Crippen molar-refractivity contribution in [3.05, 3.63) is 18.5 Å². The number of hydrogen-bond acceptors (Lipinski definition) is 5. The van der Waals surface area contributed by atoms with Gasteiger partial charge in [0.05, 0.1) is 6.54 Å². The first-order chi connectivity index (χ1) is 8.28. The summed E-state index contributed by atoms with van der Waals surface area (Å²) in [6.07, 6.45) is 4.12. The number of aromatic nitrogens is 2. The summed E-state index contributed by atoms with van der Waals surface area (Å²) in [5.74, 6) is 0.515. The molecule has 1 saturated heterocycles. The monoisotopic (exact) mass is 236 g/mol.